The van der Waals surface area contributed by atoms with Gasteiger partial charge in [-0.3, -0.25) is 9.89 Å². The van der Waals surface area contributed by atoms with Crippen molar-refractivity contribution in [3.63, 3.8) is 0 Å². The van der Waals surface area contributed by atoms with Crippen LogP contribution in [0.2, 0.25) is 0 Å². The summed E-state index contributed by atoms with van der Waals surface area (Å²) in [5.74, 6) is -0.0908. The molecular weight excluding hydrogens is 278 g/mol. The molecule has 0 aromatic carbocycles. The van der Waals surface area contributed by atoms with Crippen molar-refractivity contribution >= 4 is 5.91 Å². The number of hydrogen-bond acceptors (Lipinski definition) is 4. The molecule has 6 nitrogen and oxygen atoms in total. The van der Waals surface area contributed by atoms with Gasteiger partial charge in [0.2, 0.25) is 0 Å². The molecule has 1 amide bonds. The van der Waals surface area contributed by atoms with Gasteiger partial charge < -0.3 is 4.90 Å². The molecule has 1 aliphatic rings. The van der Waals surface area contributed by atoms with Crippen LogP contribution in [0.5, 0.6) is 0 Å². The standard InChI is InChI=1S/C16H17N5O/c1-10-15(11(2)20-19-10)14-4-3-7-21(14)16(22)13-6-5-12(8-17)9-18-13/h5-6,9,14H,3-4,7H2,1-2H3,(H,19,20). The minimum absolute atomic E-state index is 0.0451. The van der Waals surface area contributed by atoms with Crippen LogP contribution in [0, 0.1) is 25.2 Å². The first-order chi connectivity index (χ1) is 10.6. The summed E-state index contributed by atoms with van der Waals surface area (Å²) in [6.07, 6.45) is 3.34. The molecule has 1 N–H and O–H groups in total. The van der Waals surface area contributed by atoms with Crippen LogP contribution in [-0.2, 0) is 0 Å². The topological polar surface area (TPSA) is 85.7 Å². The molecule has 0 aliphatic carbocycles. The summed E-state index contributed by atoms with van der Waals surface area (Å²) in [5.41, 5.74) is 3.89. The average molecular weight is 295 g/mol. The van der Waals surface area contributed by atoms with Crippen molar-refractivity contribution in [3.05, 3.63) is 46.5 Å². The Morgan fingerprint density at radius 1 is 1.45 bits per heavy atom. The number of rotatable bonds is 2. The number of pyridine rings is 1. The van der Waals surface area contributed by atoms with E-state index in [1.54, 1.807) is 12.1 Å². The Balaban J connectivity index is 1.89. The molecule has 0 bridgehead atoms. The van der Waals surface area contributed by atoms with Crippen molar-refractivity contribution in [3.8, 4) is 6.07 Å². The molecule has 22 heavy (non-hydrogen) atoms. The highest BCUT2D eigenvalue weighted by atomic mass is 16.2. The van der Waals surface area contributed by atoms with Gasteiger partial charge in [0, 0.05) is 24.0 Å². The van der Waals surface area contributed by atoms with Crippen LogP contribution in [0.25, 0.3) is 0 Å². The Morgan fingerprint density at radius 3 is 2.86 bits per heavy atom. The average Bonchev–Trinajstić information content (AvgIpc) is 3.13. The summed E-state index contributed by atoms with van der Waals surface area (Å²) in [6.45, 7) is 4.66. The van der Waals surface area contributed by atoms with E-state index in [0.29, 0.717) is 11.3 Å². The van der Waals surface area contributed by atoms with Crippen LogP contribution >= 0.6 is 0 Å². The van der Waals surface area contributed by atoms with Gasteiger partial charge in [0.1, 0.15) is 11.8 Å². The van der Waals surface area contributed by atoms with Crippen molar-refractivity contribution in [2.75, 3.05) is 6.54 Å². The first-order valence-corrected chi connectivity index (χ1v) is 7.30. The number of hydrogen-bond donors (Lipinski definition) is 1. The van der Waals surface area contributed by atoms with Gasteiger partial charge in [-0.15, -0.1) is 0 Å². The number of nitriles is 1. The van der Waals surface area contributed by atoms with Gasteiger partial charge in [-0.1, -0.05) is 0 Å². The third-order valence-electron chi connectivity index (χ3n) is 4.14. The SMILES string of the molecule is Cc1n[nH]c(C)c1C1CCCN1C(=O)c1ccc(C#N)cn1. The van der Waals surface area contributed by atoms with Gasteiger partial charge in [-0.05, 0) is 38.8 Å². The third kappa shape index (κ3) is 2.35. The van der Waals surface area contributed by atoms with E-state index in [4.69, 9.17) is 5.26 Å². The zero-order valence-electron chi connectivity index (χ0n) is 12.6. The van der Waals surface area contributed by atoms with Crippen molar-refractivity contribution < 1.29 is 4.79 Å². The molecule has 3 heterocycles. The molecule has 2 aromatic rings. The number of aryl methyl sites for hydroxylation is 2. The van der Waals surface area contributed by atoms with Gasteiger partial charge >= 0.3 is 0 Å². The molecule has 0 spiro atoms. The van der Waals surface area contributed by atoms with Crippen LogP contribution in [0.1, 0.15) is 51.9 Å². The maximum absolute atomic E-state index is 12.7. The fourth-order valence-electron chi connectivity index (χ4n) is 3.09. The number of nitrogens with one attached hydrogen (secondary N) is 1. The summed E-state index contributed by atoms with van der Waals surface area (Å²) in [4.78, 5) is 18.7. The van der Waals surface area contributed by atoms with E-state index in [2.05, 4.69) is 15.2 Å². The third-order valence-corrected chi connectivity index (χ3v) is 4.14. The van der Waals surface area contributed by atoms with Crippen LogP contribution in [-0.4, -0.2) is 32.5 Å². The molecule has 112 valence electrons. The Kier molecular flexibility index (Phi) is 3.63. The fraction of sp³-hybridized carbons (Fsp3) is 0.375. The van der Waals surface area contributed by atoms with Gasteiger partial charge in [0.25, 0.3) is 5.91 Å². The van der Waals surface area contributed by atoms with Crippen LogP contribution in [0.3, 0.4) is 0 Å². The van der Waals surface area contributed by atoms with E-state index in [-0.39, 0.29) is 11.9 Å². The summed E-state index contributed by atoms with van der Waals surface area (Å²) >= 11 is 0. The van der Waals surface area contributed by atoms with Gasteiger partial charge in [-0.2, -0.15) is 10.4 Å². The largest absolute Gasteiger partial charge is 0.330 e. The Hall–Kier alpha value is -2.68. The number of aromatic amines is 1. The molecule has 0 radical (unpaired) electrons. The minimum Gasteiger partial charge on any atom is -0.330 e. The maximum atomic E-state index is 12.7. The molecule has 6 heteroatoms. The summed E-state index contributed by atoms with van der Waals surface area (Å²) in [6, 6.07) is 5.30. The number of carbonyl (C=O) groups is 1. The van der Waals surface area contributed by atoms with E-state index in [1.165, 1.54) is 6.20 Å². The van der Waals surface area contributed by atoms with E-state index < -0.39 is 0 Å². The van der Waals surface area contributed by atoms with Crippen molar-refractivity contribution in [2.45, 2.75) is 32.7 Å². The summed E-state index contributed by atoms with van der Waals surface area (Å²) in [7, 11) is 0. The van der Waals surface area contributed by atoms with Gasteiger partial charge in [-0.25, -0.2) is 4.98 Å². The number of nitrogens with zero attached hydrogens (tertiary/aromatic N) is 4. The van der Waals surface area contributed by atoms with E-state index >= 15 is 0 Å². The maximum Gasteiger partial charge on any atom is 0.272 e. The van der Waals surface area contributed by atoms with Crippen LogP contribution < -0.4 is 0 Å². The number of amides is 1. The lowest BCUT2D eigenvalue weighted by Crippen LogP contribution is -2.31. The smallest absolute Gasteiger partial charge is 0.272 e. The summed E-state index contributed by atoms with van der Waals surface area (Å²) < 4.78 is 0. The number of likely N-dealkylation sites (tertiary alicyclic amines) is 1. The normalized spacial score (nSPS) is 17.5. The van der Waals surface area contributed by atoms with Crippen molar-refractivity contribution in [1.29, 1.82) is 5.26 Å². The summed E-state index contributed by atoms with van der Waals surface area (Å²) in [5, 5.41) is 16.0. The van der Waals surface area contributed by atoms with Crippen LogP contribution in [0.15, 0.2) is 18.3 Å². The molecule has 3 rings (SSSR count). The zero-order valence-corrected chi connectivity index (χ0v) is 12.6. The lowest BCUT2D eigenvalue weighted by molar-refractivity contribution is 0.0729. The number of carbonyl (C=O) groups excluding carboxylic acids is 1. The monoisotopic (exact) mass is 295 g/mol. The quantitative estimate of drug-likeness (QED) is 0.921. The second-order valence-electron chi connectivity index (χ2n) is 5.55. The zero-order chi connectivity index (χ0) is 15.7. The molecular formula is C16H17N5O. The lowest BCUT2D eigenvalue weighted by Gasteiger charge is -2.25. The van der Waals surface area contributed by atoms with Gasteiger partial charge in [0.15, 0.2) is 0 Å². The Morgan fingerprint density at radius 2 is 2.27 bits per heavy atom. The first kappa shape index (κ1) is 14.3. The Bertz CT molecular complexity index is 721. The molecule has 1 fully saturated rings. The predicted octanol–water partition coefficient (Wildman–Crippen LogP) is 2.27. The van der Waals surface area contributed by atoms with Crippen molar-refractivity contribution in [2.24, 2.45) is 0 Å². The van der Waals surface area contributed by atoms with Crippen LogP contribution in [0.4, 0.5) is 0 Å². The second-order valence-corrected chi connectivity index (χ2v) is 5.55. The molecule has 2 aromatic heterocycles. The molecule has 1 unspecified atom stereocenters. The molecule has 1 atom stereocenters. The van der Waals surface area contributed by atoms with Crippen molar-refractivity contribution in [1.82, 2.24) is 20.1 Å². The molecule has 1 saturated heterocycles. The van der Waals surface area contributed by atoms with E-state index in [0.717, 1.165) is 36.3 Å². The highest BCUT2D eigenvalue weighted by Gasteiger charge is 2.33. The molecule has 0 saturated carbocycles. The fourth-order valence-corrected chi connectivity index (χ4v) is 3.09. The predicted molar refractivity (Wildman–Crippen MR) is 80.0 cm³/mol. The minimum atomic E-state index is -0.0908. The first-order valence-electron chi connectivity index (χ1n) is 7.30. The van der Waals surface area contributed by atoms with E-state index in [9.17, 15) is 4.79 Å². The Labute approximate surface area is 128 Å². The second kappa shape index (κ2) is 5.60. The number of aromatic nitrogens is 3. The number of H-pyrrole nitrogens is 1. The molecule has 1 aliphatic heterocycles. The highest BCUT2D eigenvalue weighted by Crippen LogP contribution is 2.35. The van der Waals surface area contributed by atoms with Gasteiger partial charge in [0.05, 0.1) is 17.3 Å². The lowest BCUT2D eigenvalue weighted by atomic mass is 10.0. The van der Waals surface area contributed by atoms with E-state index in [1.807, 2.05) is 24.8 Å². The highest BCUT2D eigenvalue weighted by molar-refractivity contribution is 5.92.